The van der Waals surface area contributed by atoms with E-state index in [1.54, 1.807) is 0 Å². The highest BCUT2D eigenvalue weighted by Gasteiger charge is 2.12. The van der Waals surface area contributed by atoms with Gasteiger partial charge in [-0.2, -0.15) is 0 Å². The minimum atomic E-state index is -2.95. The molecule has 1 saturated heterocycles. The molecule has 1 unspecified atom stereocenters. The van der Waals surface area contributed by atoms with Gasteiger partial charge in [-0.3, -0.25) is 4.90 Å². The standard InChI is InChI=1S/C22H38N4O2S.HI/c1-4-23-22(25-19(2)13-16-29(3,27)28)24-17-20-11-7-8-12-21(20)18-26-14-9-5-6-10-15-26;/h7-8,11-12,19H,4-6,9-10,13-18H2,1-3H3,(H2,23,24,25);1H. The van der Waals surface area contributed by atoms with Crippen LogP contribution in [0.2, 0.25) is 0 Å². The van der Waals surface area contributed by atoms with E-state index in [2.05, 4.69) is 39.8 Å². The van der Waals surface area contributed by atoms with Crippen molar-refractivity contribution < 1.29 is 8.42 Å². The van der Waals surface area contributed by atoms with E-state index in [1.165, 1.54) is 56.2 Å². The zero-order valence-corrected chi connectivity index (χ0v) is 21.8. The Balaban J connectivity index is 0.00000450. The van der Waals surface area contributed by atoms with E-state index in [4.69, 9.17) is 4.99 Å². The van der Waals surface area contributed by atoms with Crippen LogP contribution in [-0.4, -0.2) is 57.0 Å². The van der Waals surface area contributed by atoms with Crippen molar-refractivity contribution in [2.24, 2.45) is 4.99 Å². The molecule has 6 nitrogen and oxygen atoms in total. The molecule has 30 heavy (non-hydrogen) atoms. The van der Waals surface area contributed by atoms with Gasteiger partial charge < -0.3 is 10.6 Å². The van der Waals surface area contributed by atoms with Crippen LogP contribution in [-0.2, 0) is 22.9 Å². The van der Waals surface area contributed by atoms with Gasteiger partial charge in [0.25, 0.3) is 0 Å². The van der Waals surface area contributed by atoms with Crippen molar-refractivity contribution in [2.75, 3.05) is 31.6 Å². The second-order valence-corrected chi connectivity index (χ2v) is 10.4. The number of nitrogens with zero attached hydrogens (tertiary/aromatic N) is 2. The van der Waals surface area contributed by atoms with Crippen LogP contribution in [0.3, 0.4) is 0 Å². The Kier molecular flexibility index (Phi) is 12.9. The van der Waals surface area contributed by atoms with E-state index < -0.39 is 9.84 Å². The molecule has 2 N–H and O–H groups in total. The third kappa shape index (κ3) is 10.9. The Morgan fingerprint density at radius 1 is 1.13 bits per heavy atom. The number of hydrogen-bond acceptors (Lipinski definition) is 4. The lowest BCUT2D eigenvalue weighted by Gasteiger charge is -2.21. The number of nitrogens with one attached hydrogen (secondary N) is 2. The van der Waals surface area contributed by atoms with Gasteiger partial charge in [0.1, 0.15) is 9.84 Å². The third-order valence-corrected chi connectivity index (χ3v) is 6.24. The van der Waals surface area contributed by atoms with Gasteiger partial charge in [0.05, 0.1) is 12.3 Å². The molecular formula is C22H39IN4O2S. The minimum absolute atomic E-state index is 0. The number of rotatable bonds is 9. The Labute approximate surface area is 200 Å². The lowest BCUT2D eigenvalue weighted by Crippen LogP contribution is -2.42. The highest BCUT2D eigenvalue weighted by atomic mass is 127. The predicted molar refractivity (Wildman–Crippen MR) is 137 cm³/mol. The summed E-state index contributed by atoms with van der Waals surface area (Å²) in [5.41, 5.74) is 2.59. The molecule has 2 rings (SSSR count). The van der Waals surface area contributed by atoms with Crippen LogP contribution in [0.1, 0.15) is 57.1 Å². The average molecular weight is 551 g/mol. The quantitative estimate of drug-likeness (QED) is 0.280. The van der Waals surface area contributed by atoms with Crippen LogP contribution < -0.4 is 10.6 Å². The Bertz CT molecular complexity index is 747. The summed E-state index contributed by atoms with van der Waals surface area (Å²) < 4.78 is 22.8. The fourth-order valence-corrected chi connectivity index (χ4v) is 4.36. The van der Waals surface area contributed by atoms with Crippen molar-refractivity contribution in [1.82, 2.24) is 15.5 Å². The van der Waals surface area contributed by atoms with Gasteiger partial charge in [-0.05, 0) is 57.3 Å². The SMILES string of the molecule is CCNC(=NCc1ccccc1CN1CCCCCC1)NC(C)CCS(C)(=O)=O.I. The lowest BCUT2D eigenvalue weighted by atomic mass is 10.1. The van der Waals surface area contributed by atoms with Crippen LogP contribution in [0.25, 0.3) is 0 Å². The smallest absolute Gasteiger partial charge is 0.191 e. The molecule has 1 aliphatic heterocycles. The van der Waals surface area contributed by atoms with Crippen molar-refractivity contribution in [3.63, 3.8) is 0 Å². The number of benzene rings is 1. The molecule has 1 atom stereocenters. The van der Waals surface area contributed by atoms with E-state index in [0.717, 1.165) is 19.0 Å². The number of sulfone groups is 1. The summed E-state index contributed by atoms with van der Waals surface area (Å²) in [4.78, 5) is 7.33. The Hall–Kier alpha value is -0.870. The van der Waals surface area contributed by atoms with E-state index in [9.17, 15) is 8.42 Å². The maximum atomic E-state index is 11.4. The number of aliphatic imine (C=N–C) groups is 1. The van der Waals surface area contributed by atoms with Gasteiger partial charge >= 0.3 is 0 Å². The van der Waals surface area contributed by atoms with Crippen LogP contribution in [0, 0.1) is 0 Å². The largest absolute Gasteiger partial charge is 0.357 e. The van der Waals surface area contributed by atoms with E-state index in [1.807, 2.05) is 13.8 Å². The fraction of sp³-hybridized carbons (Fsp3) is 0.682. The van der Waals surface area contributed by atoms with Gasteiger partial charge in [-0.25, -0.2) is 13.4 Å². The lowest BCUT2D eigenvalue weighted by molar-refractivity contribution is 0.276. The van der Waals surface area contributed by atoms with Crippen molar-refractivity contribution in [2.45, 2.75) is 65.1 Å². The highest BCUT2D eigenvalue weighted by molar-refractivity contribution is 14.0. The predicted octanol–water partition coefficient (Wildman–Crippen LogP) is 3.56. The van der Waals surface area contributed by atoms with Crippen molar-refractivity contribution in [3.05, 3.63) is 35.4 Å². The normalized spacial score (nSPS) is 17.0. The molecule has 0 aromatic heterocycles. The Morgan fingerprint density at radius 2 is 1.77 bits per heavy atom. The van der Waals surface area contributed by atoms with Crippen molar-refractivity contribution in [1.29, 1.82) is 0 Å². The van der Waals surface area contributed by atoms with Gasteiger partial charge in [0.2, 0.25) is 0 Å². The number of halogens is 1. The minimum Gasteiger partial charge on any atom is -0.357 e. The second-order valence-electron chi connectivity index (χ2n) is 8.12. The van der Waals surface area contributed by atoms with Crippen LogP contribution in [0.15, 0.2) is 29.3 Å². The number of hydrogen-bond donors (Lipinski definition) is 2. The highest BCUT2D eigenvalue weighted by Crippen LogP contribution is 2.17. The van der Waals surface area contributed by atoms with Gasteiger partial charge in [-0.1, -0.05) is 37.1 Å². The first-order valence-corrected chi connectivity index (χ1v) is 12.9. The molecule has 0 aliphatic carbocycles. The molecule has 1 aromatic carbocycles. The Morgan fingerprint density at radius 3 is 2.37 bits per heavy atom. The monoisotopic (exact) mass is 550 g/mol. The van der Waals surface area contributed by atoms with Crippen LogP contribution in [0.5, 0.6) is 0 Å². The number of likely N-dealkylation sites (tertiary alicyclic amines) is 1. The summed E-state index contributed by atoms with van der Waals surface area (Å²) in [6, 6.07) is 8.59. The van der Waals surface area contributed by atoms with Crippen molar-refractivity contribution >= 4 is 39.8 Å². The molecule has 0 saturated carbocycles. The summed E-state index contributed by atoms with van der Waals surface area (Å²) in [7, 11) is -2.95. The summed E-state index contributed by atoms with van der Waals surface area (Å²) >= 11 is 0. The van der Waals surface area contributed by atoms with E-state index in [-0.39, 0.29) is 35.8 Å². The summed E-state index contributed by atoms with van der Waals surface area (Å²) in [6.45, 7) is 8.74. The first-order valence-electron chi connectivity index (χ1n) is 10.9. The topological polar surface area (TPSA) is 73.8 Å². The zero-order chi connectivity index (χ0) is 21.1. The van der Waals surface area contributed by atoms with E-state index in [0.29, 0.717) is 13.0 Å². The first-order chi connectivity index (χ1) is 13.9. The molecular weight excluding hydrogens is 511 g/mol. The van der Waals surface area contributed by atoms with Crippen LogP contribution in [0.4, 0.5) is 0 Å². The number of guanidine groups is 1. The molecule has 172 valence electrons. The summed E-state index contributed by atoms with van der Waals surface area (Å²) in [5.74, 6) is 0.914. The molecule has 1 aliphatic rings. The maximum Gasteiger partial charge on any atom is 0.191 e. The fourth-order valence-electron chi connectivity index (χ4n) is 3.58. The van der Waals surface area contributed by atoms with Gasteiger partial charge in [-0.15, -0.1) is 24.0 Å². The third-order valence-electron chi connectivity index (χ3n) is 5.27. The zero-order valence-electron chi connectivity index (χ0n) is 18.7. The van der Waals surface area contributed by atoms with Crippen LogP contribution >= 0.6 is 24.0 Å². The summed E-state index contributed by atoms with van der Waals surface area (Å²) in [5, 5.41) is 6.60. The first kappa shape index (κ1) is 27.2. The van der Waals surface area contributed by atoms with E-state index >= 15 is 0 Å². The van der Waals surface area contributed by atoms with Crippen molar-refractivity contribution in [3.8, 4) is 0 Å². The van der Waals surface area contributed by atoms with Gasteiger partial charge in [0, 0.05) is 25.4 Å². The maximum absolute atomic E-state index is 11.4. The molecule has 0 radical (unpaired) electrons. The molecule has 1 aromatic rings. The molecule has 1 heterocycles. The molecule has 8 heteroatoms. The molecule has 0 bridgehead atoms. The summed E-state index contributed by atoms with van der Waals surface area (Å²) in [6.07, 6.45) is 7.12. The second kappa shape index (κ2) is 14.2. The molecule has 0 spiro atoms. The van der Waals surface area contributed by atoms with Gasteiger partial charge in [0.15, 0.2) is 5.96 Å². The molecule has 0 amide bonds. The average Bonchev–Trinajstić information content (AvgIpc) is 2.94. The molecule has 1 fully saturated rings.